The van der Waals surface area contributed by atoms with Crippen LogP contribution in [0, 0.1) is 0 Å². The van der Waals surface area contributed by atoms with Crippen molar-refractivity contribution in [3.8, 4) is 11.4 Å². The van der Waals surface area contributed by atoms with Crippen LogP contribution >= 0.6 is 34.2 Å². The predicted molar refractivity (Wildman–Crippen MR) is 124 cm³/mol. The summed E-state index contributed by atoms with van der Waals surface area (Å²) in [4.78, 5) is 4.40. The van der Waals surface area contributed by atoms with E-state index in [-0.39, 0.29) is 0 Å². The largest absolute Gasteiger partial charge is 0.489 e. The minimum absolute atomic E-state index is 0.462. The summed E-state index contributed by atoms with van der Waals surface area (Å²) in [6.07, 6.45) is 0.566. The molecule has 30 heavy (non-hydrogen) atoms. The van der Waals surface area contributed by atoms with E-state index in [0.29, 0.717) is 12.2 Å². The number of benzene rings is 3. The second kappa shape index (κ2) is 9.32. The van der Waals surface area contributed by atoms with Gasteiger partial charge in [-0.05, 0) is 59.2 Å². The molecule has 0 aliphatic carbocycles. The van der Waals surface area contributed by atoms with Gasteiger partial charge in [-0.2, -0.15) is 5.48 Å². The first-order valence-electron chi connectivity index (χ1n) is 9.20. The summed E-state index contributed by atoms with van der Waals surface area (Å²) in [6.45, 7) is 0.462. The van der Waals surface area contributed by atoms with E-state index in [1.807, 2.05) is 46.4 Å². The third-order valence-electron chi connectivity index (χ3n) is 4.78. The molecule has 8 heteroatoms. The first kappa shape index (κ1) is 21.1. The van der Waals surface area contributed by atoms with Crippen molar-refractivity contribution in [2.75, 3.05) is 0 Å². The molecular formula is C22H19ClIN3O3. The molecule has 0 amide bonds. The van der Waals surface area contributed by atoms with E-state index < -0.39 is 6.23 Å². The molecule has 0 saturated heterocycles. The number of imidazole rings is 1. The molecule has 0 aliphatic rings. The summed E-state index contributed by atoms with van der Waals surface area (Å²) < 4.78 is 8.68. The molecule has 3 N–H and O–H groups in total. The Balaban J connectivity index is 1.52. The molecule has 0 saturated carbocycles. The van der Waals surface area contributed by atoms with Gasteiger partial charge in [0, 0.05) is 15.1 Å². The van der Waals surface area contributed by atoms with E-state index >= 15 is 0 Å². The van der Waals surface area contributed by atoms with Gasteiger partial charge in [0.05, 0.1) is 11.0 Å². The molecule has 3 aromatic carbocycles. The van der Waals surface area contributed by atoms with Crippen molar-refractivity contribution in [1.29, 1.82) is 0 Å². The number of aliphatic hydroxyl groups excluding tert-OH is 1. The lowest BCUT2D eigenvalue weighted by atomic mass is 10.1. The number of nitrogens with zero attached hydrogens (tertiary/aromatic N) is 2. The van der Waals surface area contributed by atoms with Crippen LogP contribution in [-0.4, -0.2) is 19.9 Å². The lowest BCUT2D eigenvalue weighted by molar-refractivity contribution is 0.000766. The maximum Gasteiger partial charge on any atom is 0.152 e. The molecule has 0 radical (unpaired) electrons. The number of halogens is 2. The summed E-state index contributed by atoms with van der Waals surface area (Å²) in [5.41, 5.74) is 7.08. The molecule has 0 fully saturated rings. The lowest BCUT2D eigenvalue weighted by Gasteiger charge is -2.11. The summed E-state index contributed by atoms with van der Waals surface area (Å²) in [5.74, 6) is 0.759. The molecule has 1 unspecified atom stereocenters. The van der Waals surface area contributed by atoms with Gasteiger partial charge in [0.2, 0.25) is 0 Å². The fourth-order valence-corrected chi connectivity index (χ4v) is 4.21. The van der Waals surface area contributed by atoms with E-state index in [2.05, 4.69) is 33.6 Å². The van der Waals surface area contributed by atoms with E-state index in [1.54, 1.807) is 24.5 Å². The molecule has 1 aromatic heterocycles. The number of hydrogen-bond acceptors (Lipinski definition) is 5. The van der Waals surface area contributed by atoms with Crippen molar-refractivity contribution in [3.05, 3.63) is 88.7 Å². The molecule has 0 spiro atoms. The second-order valence-electron chi connectivity index (χ2n) is 6.74. The number of hydrogen-bond donors (Lipinski definition) is 3. The number of aromatic nitrogens is 2. The monoisotopic (exact) mass is 535 g/mol. The van der Waals surface area contributed by atoms with Gasteiger partial charge in [-0.1, -0.05) is 52.4 Å². The maximum atomic E-state index is 9.81. The van der Waals surface area contributed by atoms with Crippen LogP contribution in [0.15, 0.2) is 67.0 Å². The number of fused-ring (bicyclic) bond motifs is 1. The van der Waals surface area contributed by atoms with Gasteiger partial charge >= 0.3 is 0 Å². The van der Waals surface area contributed by atoms with Crippen molar-refractivity contribution in [2.45, 2.75) is 17.3 Å². The van der Waals surface area contributed by atoms with Crippen LogP contribution in [0.3, 0.4) is 0 Å². The fourth-order valence-electron chi connectivity index (χ4n) is 3.16. The van der Waals surface area contributed by atoms with Crippen LogP contribution in [0.4, 0.5) is 0 Å². The molecule has 1 heterocycles. The van der Waals surface area contributed by atoms with Crippen molar-refractivity contribution in [3.63, 3.8) is 0 Å². The number of nitrogens with one attached hydrogen (secondary N) is 1. The van der Waals surface area contributed by atoms with Crippen LogP contribution in [0.25, 0.3) is 16.7 Å². The maximum absolute atomic E-state index is 9.81. The average Bonchev–Trinajstić information content (AvgIpc) is 3.21. The predicted octanol–water partition coefficient (Wildman–Crippen LogP) is 5.16. The van der Waals surface area contributed by atoms with Crippen LogP contribution in [0.5, 0.6) is 5.75 Å². The molecular weight excluding hydrogens is 517 g/mol. The van der Waals surface area contributed by atoms with E-state index in [9.17, 15) is 5.11 Å². The zero-order chi connectivity index (χ0) is 21.1. The van der Waals surface area contributed by atoms with Gasteiger partial charge in [-0.25, -0.2) is 4.98 Å². The molecule has 4 rings (SSSR count). The molecule has 0 aliphatic heterocycles. The highest BCUT2D eigenvalue weighted by molar-refractivity contribution is 14.1. The normalized spacial score (nSPS) is 12.3. The number of hydroxylamine groups is 1. The second-order valence-corrected chi connectivity index (χ2v) is 7.91. The smallest absolute Gasteiger partial charge is 0.152 e. The van der Waals surface area contributed by atoms with Gasteiger partial charge in [0.1, 0.15) is 18.7 Å². The Hall–Kier alpha value is -2.17. The number of ether oxygens (including phenoxy) is 1. The third kappa shape index (κ3) is 4.45. The van der Waals surface area contributed by atoms with Crippen LogP contribution in [0.2, 0.25) is 5.02 Å². The Labute approximate surface area is 192 Å². The van der Waals surface area contributed by atoms with Crippen molar-refractivity contribution >= 4 is 45.2 Å². The first-order valence-corrected chi connectivity index (χ1v) is 11.1. The minimum Gasteiger partial charge on any atom is -0.489 e. The highest BCUT2D eigenvalue weighted by Crippen LogP contribution is 2.25. The van der Waals surface area contributed by atoms with Gasteiger partial charge in [-0.3, -0.25) is 4.57 Å². The zero-order valence-corrected chi connectivity index (χ0v) is 18.7. The average molecular weight is 536 g/mol. The molecule has 4 aromatic rings. The Kier molecular flexibility index (Phi) is 6.55. The van der Waals surface area contributed by atoms with Gasteiger partial charge < -0.3 is 15.1 Å². The summed E-state index contributed by atoms with van der Waals surface area (Å²) >= 11 is 8.47. The van der Waals surface area contributed by atoms with Gasteiger partial charge in [-0.15, -0.1) is 0 Å². The summed E-state index contributed by atoms with van der Waals surface area (Å²) in [6, 6.07) is 18.9. The van der Waals surface area contributed by atoms with Crippen LogP contribution in [0.1, 0.15) is 22.9 Å². The fraction of sp³-hybridized carbons (Fsp3) is 0.136. The summed E-state index contributed by atoms with van der Waals surface area (Å²) in [7, 11) is 0. The quantitative estimate of drug-likeness (QED) is 0.132. The van der Waals surface area contributed by atoms with Gasteiger partial charge in [0.15, 0.2) is 6.23 Å². The Morgan fingerprint density at radius 1 is 1.10 bits per heavy atom. The molecule has 1 atom stereocenters. The summed E-state index contributed by atoms with van der Waals surface area (Å²) in [5, 5.41) is 19.5. The minimum atomic E-state index is -1.16. The highest BCUT2D eigenvalue weighted by atomic mass is 127. The number of aliphatic hydroxyl groups is 1. The van der Waals surface area contributed by atoms with Crippen molar-refractivity contribution in [2.24, 2.45) is 0 Å². The molecule has 0 bridgehead atoms. The molecule has 154 valence electrons. The van der Waals surface area contributed by atoms with Crippen molar-refractivity contribution < 1.29 is 15.1 Å². The Morgan fingerprint density at radius 2 is 1.90 bits per heavy atom. The number of rotatable bonds is 7. The Morgan fingerprint density at radius 3 is 2.63 bits per heavy atom. The number of alkyl halides is 1. The highest BCUT2D eigenvalue weighted by Gasteiger charge is 2.10. The molecule has 6 nitrogen and oxygen atoms in total. The van der Waals surface area contributed by atoms with E-state index in [0.717, 1.165) is 43.0 Å². The first-order chi connectivity index (χ1) is 14.6. The zero-order valence-electron chi connectivity index (χ0n) is 15.8. The third-order valence-corrected chi connectivity index (χ3v) is 5.97. The van der Waals surface area contributed by atoms with E-state index in [4.69, 9.17) is 21.5 Å². The van der Waals surface area contributed by atoms with Gasteiger partial charge in [0.25, 0.3) is 0 Å². The standard InChI is InChI=1S/C22H19ClIN3O3/c23-19-7-1-14(9-16(19)11-24)12-30-18-5-3-17(4-6-18)27-13-25-20-8-2-15(10-21(20)27)22(28)26-29/h1-10,13,22,26,28-29H,11-12H2. The van der Waals surface area contributed by atoms with Crippen LogP contribution in [-0.2, 0) is 11.0 Å². The SMILES string of the molecule is ONC(O)c1ccc2ncn(-c3ccc(OCc4ccc(Cl)c(CI)c4)cc3)c2c1. The lowest BCUT2D eigenvalue weighted by Crippen LogP contribution is -2.15. The van der Waals surface area contributed by atoms with E-state index in [1.165, 1.54) is 0 Å². The topological polar surface area (TPSA) is 79.5 Å². The Bertz CT molecular complexity index is 1160. The van der Waals surface area contributed by atoms with Crippen LogP contribution < -0.4 is 10.2 Å². The van der Waals surface area contributed by atoms with Crippen molar-refractivity contribution in [1.82, 2.24) is 15.0 Å².